The Bertz CT molecular complexity index is 1100. The third-order valence-electron chi connectivity index (χ3n) is 5.61. The largest absolute Gasteiger partial charge is 0.325 e. The highest BCUT2D eigenvalue weighted by Crippen LogP contribution is 2.27. The molecule has 1 aromatic heterocycles. The molecule has 2 aromatic carbocycles. The number of nitrogens with zero attached hydrogens (tertiary/aromatic N) is 2. The predicted octanol–water partition coefficient (Wildman–Crippen LogP) is 4.28. The predicted molar refractivity (Wildman–Crippen MR) is 124 cm³/mol. The number of benzene rings is 2. The number of fused-ring (bicyclic) bond motifs is 1. The zero-order valence-electron chi connectivity index (χ0n) is 18.0. The van der Waals surface area contributed by atoms with Crippen LogP contribution in [0.1, 0.15) is 30.4 Å². The number of aryl methyl sites for hydroxylation is 2. The minimum atomic E-state index is -0.0706. The van der Waals surface area contributed by atoms with Gasteiger partial charge in [0.2, 0.25) is 11.8 Å². The summed E-state index contributed by atoms with van der Waals surface area (Å²) in [6.07, 6.45) is 4.20. The highest BCUT2D eigenvalue weighted by atomic mass is 16.2. The van der Waals surface area contributed by atoms with Gasteiger partial charge in [-0.3, -0.25) is 19.5 Å². The van der Waals surface area contributed by atoms with E-state index in [1.807, 2.05) is 62.4 Å². The first-order valence-corrected chi connectivity index (χ1v) is 10.7. The Kier molecular flexibility index (Phi) is 6.28. The molecule has 1 fully saturated rings. The van der Waals surface area contributed by atoms with Crippen molar-refractivity contribution in [3.63, 3.8) is 0 Å². The Morgan fingerprint density at radius 1 is 1.00 bits per heavy atom. The van der Waals surface area contributed by atoms with Gasteiger partial charge < -0.3 is 10.6 Å². The average Bonchev–Trinajstić information content (AvgIpc) is 3.59. The summed E-state index contributed by atoms with van der Waals surface area (Å²) in [4.78, 5) is 31.7. The summed E-state index contributed by atoms with van der Waals surface area (Å²) in [5.41, 5.74) is 4.50. The summed E-state index contributed by atoms with van der Waals surface area (Å²) in [6.45, 7) is 4.84. The van der Waals surface area contributed by atoms with E-state index in [2.05, 4.69) is 20.5 Å². The van der Waals surface area contributed by atoms with E-state index in [1.54, 1.807) is 6.20 Å². The Morgan fingerprint density at radius 2 is 1.77 bits per heavy atom. The van der Waals surface area contributed by atoms with Crippen molar-refractivity contribution in [1.29, 1.82) is 0 Å². The van der Waals surface area contributed by atoms with Crippen molar-refractivity contribution < 1.29 is 9.59 Å². The smallest absolute Gasteiger partial charge is 0.238 e. The third kappa shape index (κ3) is 5.47. The summed E-state index contributed by atoms with van der Waals surface area (Å²) in [5.74, 6) is -0.113. The van der Waals surface area contributed by atoms with Crippen LogP contribution >= 0.6 is 0 Å². The zero-order valence-corrected chi connectivity index (χ0v) is 18.0. The molecule has 31 heavy (non-hydrogen) atoms. The maximum absolute atomic E-state index is 12.6. The van der Waals surface area contributed by atoms with Gasteiger partial charge in [-0.2, -0.15) is 0 Å². The van der Waals surface area contributed by atoms with Crippen LogP contribution in [0.2, 0.25) is 0 Å². The molecule has 1 heterocycles. The Balaban J connectivity index is 1.34. The van der Waals surface area contributed by atoms with Crippen LogP contribution in [0.4, 0.5) is 11.4 Å². The maximum atomic E-state index is 12.6. The molecule has 1 saturated carbocycles. The van der Waals surface area contributed by atoms with Crippen molar-refractivity contribution in [3.05, 3.63) is 65.9 Å². The van der Waals surface area contributed by atoms with Crippen LogP contribution in [0.25, 0.3) is 10.9 Å². The number of anilines is 2. The van der Waals surface area contributed by atoms with Crippen molar-refractivity contribution in [2.45, 2.75) is 39.2 Å². The lowest BCUT2D eigenvalue weighted by Crippen LogP contribution is -2.37. The number of rotatable bonds is 8. The fourth-order valence-electron chi connectivity index (χ4n) is 3.74. The van der Waals surface area contributed by atoms with Gasteiger partial charge >= 0.3 is 0 Å². The Labute approximate surface area is 182 Å². The number of aromatic nitrogens is 1. The maximum Gasteiger partial charge on any atom is 0.238 e. The average molecular weight is 417 g/mol. The molecule has 4 rings (SSSR count). The molecule has 6 nitrogen and oxygen atoms in total. The molecule has 160 valence electrons. The number of para-hydroxylation sites is 1. The fourth-order valence-corrected chi connectivity index (χ4v) is 3.74. The fraction of sp³-hybridized carbons (Fsp3) is 0.320. The number of hydrogen-bond acceptors (Lipinski definition) is 4. The van der Waals surface area contributed by atoms with E-state index in [1.165, 1.54) is 0 Å². The number of carbonyl (C=O) groups excluding carboxylic acids is 2. The van der Waals surface area contributed by atoms with E-state index in [-0.39, 0.29) is 11.8 Å². The second-order valence-electron chi connectivity index (χ2n) is 8.25. The first kappa shape index (κ1) is 21.0. The van der Waals surface area contributed by atoms with Crippen molar-refractivity contribution in [2.24, 2.45) is 0 Å². The quantitative estimate of drug-likeness (QED) is 0.575. The molecule has 0 aliphatic heterocycles. The molecule has 0 radical (unpaired) electrons. The molecule has 0 saturated heterocycles. The SMILES string of the molecule is Cc1ccc(C)c(NC(=O)CN(CCC(=O)Nc2cccc3cccnc23)C2CC2)c1. The minimum Gasteiger partial charge on any atom is -0.325 e. The summed E-state index contributed by atoms with van der Waals surface area (Å²) in [7, 11) is 0. The van der Waals surface area contributed by atoms with Crippen LogP contribution in [0.15, 0.2) is 54.7 Å². The minimum absolute atomic E-state index is 0.0424. The molecule has 2 amide bonds. The van der Waals surface area contributed by atoms with Gasteiger partial charge in [0, 0.05) is 36.3 Å². The van der Waals surface area contributed by atoms with Crippen LogP contribution in [-0.4, -0.2) is 40.8 Å². The van der Waals surface area contributed by atoms with Gasteiger partial charge in [0.05, 0.1) is 17.7 Å². The van der Waals surface area contributed by atoms with E-state index in [0.717, 1.165) is 40.6 Å². The molecule has 0 atom stereocenters. The standard InChI is InChI=1S/C25H28N4O2/c1-17-8-9-18(2)22(15-17)28-24(31)16-29(20-10-11-20)14-12-23(30)27-21-7-3-5-19-6-4-13-26-25(19)21/h3-9,13,15,20H,10-12,14,16H2,1-2H3,(H,27,30)(H,28,31). The van der Waals surface area contributed by atoms with E-state index in [4.69, 9.17) is 0 Å². The van der Waals surface area contributed by atoms with Crippen LogP contribution in [0.3, 0.4) is 0 Å². The van der Waals surface area contributed by atoms with Crippen molar-refractivity contribution in [3.8, 4) is 0 Å². The van der Waals surface area contributed by atoms with Crippen LogP contribution in [-0.2, 0) is 9.59 Å². The summed E-state index contributed by atoms with van der Waals surface area (Å²) >= 11 is 0. The zero-order chi connectivity index (χ0) is 21.8. The monoisotopic (exact) mass is 416 g/mol. The van der Waals surface area contributed by atoms with Crippen LogP contribution in [0.5, 0.6) is 0 Å². The summed E-state index contributed by atoms with van der Waals surface area (Å²) < 4.78 is 0. The Hall–Kier alpha value is -3.25. The van der Waals surface area contributed by atoms with Gasteiger partial charge in [0.1, 0.15) is 0 Å². The van der Waals surface area contributed by atoms with Gasteiger partial charge in [-0.15, -0.1) is 0 Å². The number of hydrogen-bond donors (Lipinski definition) is 2. The molecule has 0 unspecified atom stereocenters. The molecule has 3 aromatic rings. The molecule has 2 N–H and O–H groups in total. The first-order chi connectivity index (χ1) is 15.0. The summed E-state index contributed by atoms with van der Waals surface area (Å²) in [5, 5.41) is 6.99. The van der Waals surface area contributed by atoms with E-state index in [0.29, 0.717) is 31.2 Å². The Morgan fingerprint density at radius 3 is 2.58 bits per heavy atom. The van der Waals surface area contributed by atoms with Gasteiger partial charge in [0.15, 0.2) is 0 Å². The molecular weight excluding hydrogens is 388 g/mol. The van der Waals surface area contributed by atoms with Gasteiger partial charge in [0.25, 0.3) is 0 Å². The number of amides is 2. The lowest BCUT2D eigenvalue weighted by Gasteiger charge is -2.21. The number of nitrogens with one attached hydrogen (secondary N) is 2. The van der Waals surface area contributed by atoms with E-state index in [9.17, 15) is 9.59 Å². The van der Waals surface area contributed by atoms with E-state index < -0.39 is 0 Å². The van der Waals surface area contributed by atoms with E-state index >= 15 is 0 Å². The molecule has 0 bridgehead atoms. The van der Waals surface area contributed by atoms with Gasteiger partial charge in [-0.1, -0.05) is 30.3 Å². The number of pyridine rings is 1. The van der Waals surface area contributed by atoms with Crippen LogP contribution in [0, 0.1) is 13.8 Å². The lowest BCUT2D eigenvalue weighted by molar-refractivity contribution is -0.119. The molecular formula is C25H28N4O2. The topological polar surface area (TPSA) is 74.3 Å². The lowest BCUT2D eigenvalue weighted by atomic mass is 10.1. The molecule has 1 aliphatic carbocycles. The van der Waals surface area contributed by atoms with Crippen molar-refractivity contribution >= 4 is 34.1 Å². The highest BCUT2D eigenvalue weighted by molar-refractivity contribution is 6.00. The van der Waals surface area contributed by atoms with Crippen LogP contribution < -0.4 is 10.6 Å². The number of carbonyl (C=O) groups is 2. The van der Waals surface area contributed by atoms with Crippen molar-refractivity contribution in [1.82, 2.24) is 9.88 Å². The molecule has 6 heteroatoms. The van der Waals surface area contributed by atoms with Crippen molar-refractivity contribution in [2.75, 3.05) is 23.7 Å². The second-order valence-corrected chi connectivity index (χ2v) is 8.25. The van der Waals surface area contributed by atoms with Gasteiger partial charge in [-0.25, -0.2) is 0 Å². The second kappa shape index (κ2) is 9.27. The highest BCUT2D eigenvalue weighted by Gasteiger charge is 2.30. The normalized spacial score (nSPS) is 13.4. The third-order valence-corrected chi connectivity index (χ3v) is 5.61. The van der Waals surface area contributed by atoms with Gasteiger partial charge in [-0.05, 0) is 56.0 Å². The first-order valence-electron chi connectivity index (χ1n) is 10.7. The molecule has 1 aliphatic rings. The molecule has 0 spiro atoms. The summed E-state index contributed by atoms with van der Waals surface area (Å²) in [6, 6.07) is 16.0.